The third-order valence-corrected chi connectivity index (χ3v) is 4.29. The van der Waals surface area contributed by atoms with Gasteiger partial charge in [-0.15, -0.1) is 11.3 Å². The number of nitrogens with zero attached hydrogens (tertiary/aromatic N) is 1. The Morgan fingerprint density at radius 1 is 1.10 bits per heavy atom. The molecule has 0 unspecified atom stereocenters. The maximum Gasteiger partial charge on any atom is 0.126 e. The Bertz CT molecular complexity index is 763. The molecule has 0 radical (unpaired) electrons. The first-order chi connectivity index (χ1) is 10.2. The first-order valence-corrected chi connectivity index (χ1v) is 7.57. The molecule has 0 atom stereocenters. The molecule has 3 aromatic rings. The molecule has 0 aliphatic rings. The molecule has 0 aliphatic heterocycles. The SMILES string of the molecule is Cc1cc(-c2nc(-c3ccc(CN)cc3)cs2)ccc1F. The first kappa shape index (κ1) is 13.9. The van der Waals surface area contributed by atoms with Gasteiger partial charge in [-0.2, -0.15) is 0 Å². The second-order valence-corrected chi connectivity index (χ2v) is 5.76. The number of hydrogen-bond acceptors (Lipinski definition) is 3. The van der Waals surface area contributed by atoms with E-state index in [-0.39, 0.29) is 5.82 Å². The summed E-state index contributed by atoms with van der Waals surface area (Å²) in [6, 6.07) is 13.2. The summed E-state index contributed by atoms with van der Waals surface area (Å²) in [4.78, 5) is 4.64. The number of benzene rings is 2. The highest BCUT2D eigenvalue weighted by molar-refractivity contribution is 7.13. The molecule has 21 heavy (non-hydrogen) atoms. The summed E-state index contributed by atoms with van der Waals surface area (Å²) in [7, 11) is 0. The van der Waals surface area contributed by atoms with Gasteiger partial charge in [0, 0.05) is 23.1 Å². The van der Waals surface area contributed by atoms with Gasteiger partial charge in [0.25, 0.3) is 0 Å². The van der Waals surface area contributed by atoms with E-state index in [4.69, 9.17) is 5.73 Å². The van der Waals surface area contributed by atoms with E-state index in [1.165, 1.54) is 6.07 Å². The summed E-state index contributed by atoms with van der Waals surface area (Å²) in [5.41, 5.74) is 10.3. The van der Waals surface area contributed by atoms with Crippen molar-refractivity contribution in [2.75, 3.05) is 0 Å². The average Bonchev–Trinajstić information content (AvgIpc) is 3.00. The fourth-order valence-corrected chi connectivity index (χ4v) is 2.95. The lowest BCUT2D eigenvalue weighted by molar-refractivity contribution is 0.619. The molecule has 0 amide bonds. The van der Waals surface area contributed by atoms with Gasteiger partial charge in [-0.1, -0.05) is 24.3 Å². The summed E-state index contributed by atoms with van der Waals surface area (Å²) in [5.74, 6) is -0.187. The molecule has 106 valence electrons. The van der Waals surface area contributed by atoms with E-state index in [0.717, 1.165) is 27.4 Å². The van der Waals surface area contributed by atoms with Crippen LogP contribution < -0.4 is 5.73 Å². The highest BCUT2D eigenvalue weighted by Gasteiger charge is 2.08. The Morgan fingerprint density at radius 3 is 2.48 bits per heavy atom. The lowest BCUT2D eigenvalue weighted by Gasteiger charge is -2.01. The van der Waals surface area contributed by atoms with Crippen molar-refractivity contribution < 1.29 is 4.39 Å². The lowest BCUT2D eigenvalue weighted by atomic mass is 10.1. The van der Waals surface area contributed by atoms with Gasteiger partial charge in [0.15, 0.2) is 0 Å². The van der Waals surface area contributed by atoms with Crippen molar-refractivity contribution in [3.8, 4) is 21.8 Å². The highest BCUT2D eigenvalue weighted by Crippen LogP contribution is 2.29. The minimum absolute atomic E-state index is 0.187. The van der Waals surface area contributed by atoms with Gasteiger partial charge < -0.3 is 5.73 Å². The molecule has 0 fully saturated rings. The fraction of sp³-hybridized carbons (Fsp3) is 0.118. The quantitative estimate of drug-likeness (QED) is 0.779. The van der Waals surface area contributed by atoms with Crippen molar-refractivity contribution in [2.45, 2.75) is 13.5 Å². The van der Waals surface area contributed by atoms with Crippen LogP contribution in [0, 0.1) is 12.7 Å². The van der Waals surface area contributed by atoms with Gasteiger partial charge in [-0.3, -0.25) is 0 Å². The molecule has 0 spiro atoms. The van der Waals surface area contributed by atoms with E-state index in [9.17, 15) is 4.39 Å². The van der Waals surface area contributed by atoms with Gasteiger partial charge in [-0.05, 0) is 36.2 Å². The number of aryl methyl sites for hydroxylation is 1. The molecule has 3 rings (SSSR count). The van der Waals surface area contributed by atoms with E-state index in [1.54, 1.807) is 24.3 Å². The van der Waals surface area contributed by atoms with Crippen LogP contribution in [0.2, 0.25) is 0 Å². The number of thiazole rings is 1. The van der Waals surface area contributed by atoms with Crippen molar-refractivity contribution in [1.82, 2.24) is 4.98 Å². The molecule has 4 heteroatoms. The number of aromatic nitrogens is 1. The van der Waals surface area contributed by atoms with E-state index in [2.05, 4.69) is 4.98 Å². The standard InChI is InChI=1S/C17H15FN2S/c1-11-8-14(6-7-15(11)18)17-20-16(10-21-17)13-4-2-12(9-19)3-5-13/h2-8,10H,9,19H2,1H3. The minimum Gasteiger partial charge on any atom is -0.326 e. The Balaban J connectivity index is 1.93. The van der Waals surface area contributed by atoms with Crippen molar-refractivity contribution in [3.05, 3.63) is 64.8 Å². The van der Waals surface area contributed by atoms with Gasteiger partial charge in [0.2, 0.25) is 0 Å². The van der Waals surface area contributed by atoms with E-state index >= 15 is 0 Å². The Kier molecular flexibility index (Phi) is 3.82. The van der Waals surface area contributed by atoms with Gasteiger partial charge >= 0.3 is 0 Å². The van der Waals surface area contributed by atoms with Crippen LogP contribution in [0.15, 0.2) is 47.8 Å². The molecular weight excluding hydrogens is 283 g/mol. The van der Waals surface area contributed by atoms with Crippen molar-refractivity contribution >= 4 is 11.3 Å². The van der Waals surface area contributed by atoms with E-state index in [1.807, 2.05) is 35.7 Å². The molecule has 0 bridgehead atoms. The van der Waals surface area contributed by atoms with Crippen LogP contribution in [0.4, 0.5) is 4.39 Å². The lowest BCUT2D eigenvalue weighted by Crippen LogP contribution is -1.95. The van der Waals surface area contributed by atoms with E-state index < -0.39 is 0 Å². The third-order valence-electron chi connectivity index (χ3n) is 3.39. The van der Waals surface area contributed by atoms with Crippen LogP contribution in [0.3, 0.4) is 0 Å². The summed E-state index contributed by atoms with van der Waals surface area (Å²) in [6.45, 7) is 2.30. The Hall–Kier alpha value is -2.04. The molecule has 2 aromatic carbocycles. The minimum atomic E-state index is -0.187. The number of nitrogens with two attached hydrogens (primary N) is 1. The van der Waals surface area contributed by atoms with Crippen LogP contribution in [-0.4, -0.2) is 4.98 Å². The molecule has 1 heterocycles. The van der Waals surface area contributed by atoms with Crippen LogP contribution in [-0.2, 0) is 6.54 Å². The summed E-state index contributed by atoms with van der Waals surface area (Å²) in [5, 5.41) is 2.92. The highest BCUT2D eigenvalue weighted by atomic mass is 32.1. The average molecular weight is 298 g/mol. The largest absolute Gasteiger partial charge is 0.326 e. The molecule has 2 N–H and O–H groups in total. The van der Waals surface area contributed by atoms with Gasteiger partial charge in [-0.25, -0.2) is 9.37 Å². The molecule has 2 nitrogen and oxygen atoms in total. The van der Waals surface area contributed by atoms with Gasteiger partial charge in [0.05, 0.1) is 5.69 Å². The second-order valence-electron chi connectivity index (χ2n) is 4.90. The summed E-state index contributed by atoms with van der Waals surface area (Å²) < 4.78 is 13.3. The van der Waals surface area contributed by atoms with Gasteiger partial charge in [0.1, 0.15) is 10.8 Å². The predicted octanol–water partition coefficient (Wildman–Crippen LogP) is 4.38. The molecule has 1 aromatic heterocycles. The number of hydrogen-bond donors (Lipinski definition) is 1. The smallest absolute Gasteiger partial charge is 0.126 e. The monoisotopic (exact) mass is 298 g/mol. The zero-order valence-electron chi connectivity index (χ0n) is 11.6. The number of rotatable bonds is 3. The van der Waals surface area contributed by atoms with Crippen molar-refractivity contribution in [3.63, 3.8) is 0 Å². The first-order valence-electron chi connectivity index (χ1n) is 6.69. The van der Waals surface area contributed by atoms with Crippen LogP contribution in [0.5, 0.6) is 0 Å². The summed E-state index contributed by atoms with van der Waals surface area (Å²) in [6.07, 6.45) is 0. The Morgan fingerprint density at radius 2 is 1.81 bits per heavy atom. The van der Waals surface area contributed by atoms with E-state index in [0.29, 0.717) is 12.1 Å². The van der Waals surface area contributed by atoms with Crippen LogP contribution in [0.25, 0.3) is 21.8 Å². The van der Waals surface area contributed by atoms with Crippen molar-refractivity contribution in [2.24, 2.45) is 5.73 Å². The zero-order valence-corrected chi connectivity index (χ0v) is 12.5. The third kappa shape index (κ3) is 2.86. The second kappa shape index (κ2) is 5.76. The van der Waals surface area contributed by atoms with Crippen LogP contribution >= 0.6 is 11.3 Å². The summed E-state index contributed by atoms with van der Waals surface area (Å²) >= 11 is 1.56. The van der Waals surface area contributed by atoms with Crippen molar-refractivity contribution in [1.29, 1.82) is 0 Å². The Labute approximate surface area is 127 Å². The predicted molar refractivity (Wildman–Crippen MR) is 85.6 cm³/mol. The van der Waals surface area contributed by atoms with Crippen LogP contribution in [0.1, 0.15) is 11.1 Å². The molecule has 0 saturated carbocycles. The number of halogens is 1. The molecular formula is C17H15FN2S. The topological polar surface area (TPSA) is 38.9 Å². The molecule has 0 saturated heterocycles. The zero-order chi connectivity index (χ0) is 14.8. The normalized spacial score (nSPS) is 10.8. The maximum atomic E-state index is 13.3. The maximum absolute atomic E-state index is 13.3. The molecule has 0 aliphatic carbocycles. The fourth-order valence-electron chi connectivity index (χ4n) is 2.13.